The highest BCUT2D eigenvalue weighted by Gasteiger charge is 2.24. The minimum absolute atomic E-state index is 0. The summed E-state index contributed by atoms with van der Waals surface area (Å²) < 4.78 is 5.33. The molecule has 0 aromatic heterocycles. The van der Waals surface area contributed by atoms with Crippen molar-refractivity contribution in [2.24, 2.45) is 5.92 Å². The van der Waals surface area contributed by atoms with E-state index >= 15 is 0 Å². The van der Waals surface area contributed by atoms with Gasteiger partial charge in [-0.15, -0.1) is 19.0 Å². The highest BCUT2D eigenvalue weighted by Crippen LogP contribution is 2.15. The van der Waals surface area contributed by atoms with E-state index in [1.165, 1.54) is 0 Å². The summed E-state index contributed by atoms with van der Waals surface area (Å²) in [7, 11) is 0. The van der Waals surface area contributed by atoms with Gasteiger partial charge in [0.15, 0.2) is 0 Å². The largest absolute Gasteiger partial charge is 0.379 e. The summed E-state index contributed by atoms with van der Waals surface area (Å²) in [5, 5.41) is 6.28. The smallest absolute Gasteiger partial charge is 0.223 e. The normalized spacial score (nSPS) is 22.9. The van der Waals surface area contributed by atoms with Crippen LogP contribution >= 0.6 is 12.4 Å². The molecule has 0 aromatic carbocycles. The van der Waals surface area contributed by atoms with Crippen LogP contribution in [0, 0.1) is 5.92 Å². The van der Waals surface area contributed by atoms with E-state index in [2.05, 4.69) is 24.1 Å². The fourth-order valence-corrected chi connectivity index (χ4v) is 2.03. The second kappa shape index (κ2) is 10.4. The van der Waals surface area contributed by atoms with Crippen molar-refractivity contribution in [3.05, 3.63) is 12.7 Å². The highest BCUT2D eigenvalue weighted by molar-refractivity contribution is 5.85. The van der Waals surface area contributed by atoms with E-state index in [9.17, 15) is 4.79 Å². The highest BCUT2D eigenvalue weighted by atomic mass is 35.5. The van der Waals surface area contributed by atoms with Crippen LogP contribution in [0.1, 0.15) is 26.2 Å². The Hall–Kier alpha value is -0.580. The standard InChI is InChI=1S/C13H24N2O2.ClH/c1-3-4-8-17-9-7-15-13(16)12-5-6-14-11(2)10-12;/h3,11-12,14H,1,4-10H2,2H3,(H,15,16);1H/t11-,12-;/m0./s1. The van der Waals surface area contributed by atoms with E-state index in [-0.39, 0.29) is 24.2 Å². The van der Waals surface area contributed by atoms with Gasteiger partial charge >= 0.3 is 0 Å². The van der Waals surface area contributed by atoms with Gasteiger partial charge in [-0.3, -0.25) is 4.79 Å². The molecular weight excluding hydrogens is 252 g/mol. The molecule has 1 heterocycles. The Bertz CT molecular complexity index is 249. The van der Waals surface area contributed by atoms with Crippen LogP contribution in [-0.2, 0) is 9.53 Å². The molecular formula is C13H25ClN2O2. The molecule has 1 aliphatic heterocycles. The van der Waals surface area contributed by atoms with Gasteiger partial charge in [0.05, 0.1) is 13.2 Å². The maximum atomic E-state index is 11.8. The Kier molecular flexibility index (Phi) is 10.0. The number of ether oxygens (including phenoxy) is 1. The first-order valence-electron chi connectivity index (χ1n) is 6.43. The molecule has 1 fully saturated rings. The number of piperidine rings is 1. The summed E-state index contributed by atoms with van der Waals surface area (Å²) in [5.41, 5.74) is 0. The molecule has 4 nitrogen and oxygen atoms in total. The van der Waals surface area contributed by atoms with Gasteiger partial charge in [0.25, 0.3) is 0 Å². The van der Waals surface area contributed by atoms with Crippen LogP contribution in [0.3, 0.4) is 0 Å². The van der Waals surface area contributed by atoms with Crippen LogP contribution in [0.5, 0.6) is 0 Å². The first-order chi connectivity index (χ1) is 8.24. The molecule has 0 spiro atoms. The number of carbonyl (C=O) groups excluding carboxylic acids is 1. The van der Waals surface area contributed by atoms with Crippen LogP contribution in [-0.4, -0.2) is 38.3 Å². The first kappa shape index (κ1) is 17.4. The molecule has 1 aliphatic rings. The van der Waals surface area contributed by atoms with Crippen LogP contribution < -0.4 is 10.6 Å². The molecule has 5 heteroatoms. The minimum atomic E-state index is 0. The lowest BCUT2D eigenvalue weighted by atomic mass is 9.92. The zero-order valence-electron chi connectivity index (χ0n) is 11.1. The van der Waals surface area contributed by atoms with Crippen molar-refractivity contribution in [2.45, 2.75) is 32.2 Å². The molecule has 2 N–H and O–H groups in total. The van der Waals surface area contributed by atoms with Crippen molar-refractivity contribution < 1.29 is 9.53 Å². The fourth-order valence-electron chi connectivity index (χ4n) is 2.03. The van der Waals surface area contributed by atoms with Gasteiger partial charge in [0.2, 0.25) is 5.91 Å². The van der Waals surface area contributed by atoms with E-state index < -0.39 is 0 Å². The molecule has 0 aliphatic carbocycles. The Morgan fingerprint density at radius 2 is 2.33 bits per heavy atom. The van der Waals surface area contributed by atoms with E-state index in [0.29, 0.717) is 25.8 Å². The van der Waals surface area contributed by atoms with E-state index in [1.54, 1.807) is 0 Å². The predicted molar refractivity (Wildman–Crippen MR) is 76.1 cm³/mol. The summed E-state index contributed by atoms with van der Waals surface area (Å²) >= 11 is 0. The number of hydrogen-bond donors (Lipinski definition) is 2. The topological polar surface area (TPSA) is 50.4 Å². The van der Waals surface area contributed by atoms with Gasteiger partial charge in [0.1, 0.15) is 0 Å². The van der Waals surface area contributed by atoms with E-state index in [4.69, 9.17) is 4.74 Å². The number of halogens is 1. The second-order valence-electron chi connectivity index (χ2n) is 4.56. The van der Waals surface area contributed by atoms with Gasteiger partial charge in [0, 0.05) is 18.5 Å². The summed E-state index contributed by atoms with van der Waals surface area (Å²) in [6.07, 6.45) is 4.56. The van der Waals surface area contributed by atoms with Gasteiger partial charge in [-0.2, -0.15) is 0 Å². The monoisotopic (exact) mass is 276 g/mol. The van der Waals surface area contributed by atoms with Crippen molar-refractivity contribution in [1.82, 2.24) is 10.6 Å². The predicted octanol–water partition coefficient (Wildman–Crippen LogP) is 1.51. The van der Waals surface area contributed by atoms with E-state index in [0.717, 1.165) is 25.8 Å². The van der Waals surface area contributed by atoms with E-state index in [1.807, 2.05) is 6.08 Å². The lowest BCUT2D eigenvalue weighted by Crippen LogP contribution is -2.43. The molecule has 0 radical (unpaired) electrons. The Labute approximate surface area is 116 Å². The van der Waals surface area contributed by atoms with Gasteiger partial charge in [-0.1, -0.05) is 6.08 Å². The molecule has 0 unspecified atom stereocenters. The van der Waals surface area contributed by atoms with Gasteiger partial charge < -0.3 is 15.4 Å². The fraction of sp³-hybridized carbons (Fsp3) is 0.769. The molecule has 0 aromatic rings. The minimum Gasteiger partial charge on any atom is -0.379 e. The summed E-state index contributed by atoms with van der Waals surface area (Å²) in [5.74, 6) is 0.338. The number of amides is 1. The van der Waals surface area contributed by atoms with Crippen molar-refractivity contribution in [1.29, 1.82) is 0 Å². The summed E-state index contributed by atoms with van der Waals surface area (Å²) in [6.45, 7) is 8.55. The summed E-state index contributed by atoms with van der Waals surface area (Å²) in [6, 6.07) is 0.448. The van der Waals surface area contributed by atoms with Crippen molar-refractivity contribution in [3.8, 4) is 0 Å². The van der Waals surface area contributed by atoms with Crippen molar-refractivity contribution in [3.63, 3.8) is 0 Å². The third kappa shape index (κ3) is 6.99. The zero-order valence-corrected chi connectivity index (χ0v) is 11.9. The Morgan fingerprint density at radius 1 is 1.56 bits per heavy atom. The van der Waals surface area contributed by atoms with Crippen LogP contribution in [0.2, 0.25) is 0 Å². The second-order valence-corrected chi connectivity index (χ2v) is 4.56. The maximum Gasteiger partial charge on any atom is 0.223 e. The lowest BCUT2D eigenvalue weighted by molar-refractivity contribution is -0.126. The Balaban J connectivity index is 0.00000289. The molecule has 2 atom stereocenters. The third-order valence-electron chi connectivity index (χ3n) is 3.01. The average Bonchev–Trinajstić information content (AvgIpc) is 2.33. The number of nitrogens with one attached hydrogen (secondary N) is 2. The van der Waals surface area contributed by atoms with Gasteiger partial charge in [-0.05, 0) is 32.7 Å². The molecule has 0 bridgehead atoms. The lowest BCUT2D eigenvalue weighted by Gasteiger charge is -2.27. The van der Waals surface area contributed by atoms with Crippen molar-refractivity contribution in [2.75, 3.05) is 26.3 Å². The zero-order chi connectivity index (χ0) is 12.5. The molecule has 1 amide bonds. The molecule has 1 saturated heterocycles. The average molecular weight is 277 g/mol. The third-order valence-corrected chi connectivity index (χ3v) is 3.01. The Morgan fingerprint density at radius 3 is 3.00 bits per heavy atom. The number of hydrogen-bond acceptors (Lipinski definition) is 3. The molecule has 18 heavy (non-hydrogen) atoms. The molecule has 1 rings (SSSR count). The quantitative estimate of drug-likeness (QED) is 0.547. The SMILES string of the molecule is C=CCCOCCNC(=O)[C@H]1CCN[C@@H](C)C1.Cl. The first-order valence-corrected chi connectivity index (χ1v) is 6.43. The summed E-state index contributed by atoms with van der Waals surface area (Å²) in [4.78, 5) is 11.8. The number of carbonyl (C=O) groups is 1. The molecule has 106 valence electrons. The molecule has 0 saturated carbocycles. The van der Waals surface area contributed by atoms with Crippen LogP contribution in [0.25, 0.3) is 0 Å². The number of rotatable bonds is 7. The van der Waals surface area contributed by atoms with Crippen molar-refractivity contribution >= 4 is 18.3 Å². The van der Waals surface area contributed by atoms with Crippen LogP contribution in [0.4, 0.5) is 0 Å². The van der Waals surface area contributed by atoms with Gasteiger partial charge in [-0.25, -0.2) is 0 Å². The van der Waals surface area contributed by atoms with Crippen LogP contribution in [0.15, 0.2) is 12.7 Å². The maximum absolute atomic E-state index is 11.8.